The Morgan fingerprint density at radius 3 is 2.41 bits per heavy atom. The highest BCUT2D eigenvalue weighted by Crippen LogP contribution is 2.24. The Balaban J connectivity index is 4.27. The van der Waals surface area contributed by atoms with E-state index in [1.54, 1.807) is 0 Å². The number of likely N-dealkylation sites (N-methyl/N-ethyl adjacent to an activating group) is 1. The highest BCUT2D eigenvalue weighted by molar-refractivity contribution is 4.81. The summed E-state index contributed by atoms with van der Waals surface area (Å²) in [6.07, 6.45) is 3.63. The molecule has 3 nitrogen and oxygen atoms in total. The van der Waals surface area contributed by atoms with Crippen LogP contribution >= 0.6 is 0 Å². The van der Waals surface area contributed by atoms with E-state index < -0.39 is 0 Å². The lowest BCUT2D eigenvalue weighted by Gasteiger charge is -2.36. The Morgan fingerprint density at radius 1 is 1.29 bits per heavy atom. The van der Waals surface area contributed by atoms with Gasteiger partial charge >= 0.3 is 0 Å². The minimum absolute atomic E-state index is 0.237. The Kier molecular flexibility index (Phi) is 8.83. The number of rotatable bonds is 10. The maximum Gasteiger partial charge on any atom is 0.0584 e. The molecule has 0 radical (unpaired) electrons. The van der Waals surface area contributed by atoms with Gasteiger partial charge in [-0.25, -0.2) is 0 Å². The number of aliphatic hydroxyl groups is 1. The van der Waals surface area contributed by atoms with Crippen molar-refractivity contribution in [2.75, 3.05) is 33.3 Å². The van der Waals surface area contributed by atoms with Gasteiger partial charge in [0.2, 0.25) is 0 Å². The molecule has 0 bridgehead atoms. The Hall–Kier alpha value is -0.120. The molecular weight excluding hydrogens is 212 g/mol. The van der Waals surface area contributed by atoms with Crippen molar-refractivity contribution < 1.29 is 5.11 Å². The maximum absolute atomic E-state index is 9.19. The third-order valence-electron chi connectivity index (χ3n) is 3.48. The molecule has 0 aliphatic carbocycles. The Labute approximate surface area is 108 Å². The molecule has 2 N–H and O–H groups in total. The van der Waals surface area contributed by atoms with Crippen molar-refractivity contribution in [3.8, 4) is 0 Å². The van der Waals surface area contributed by atoms with E-state index in [0.29, 0.717) is 5.41 Å². The molecular formula is C14H32N2O. The van der Waals surface area contributed by atoms with Gasteiger partial charge < -0.3 is 15.3 Å². The van der Waals surface area contributed by atoms with Crippen LogP contribution in [0.3, 0.4) is 0 Å². The van der Waals surface area contributed by atoms with Crippen LogP contribution in [0.1, 0.15) is 47.0 Å². The van der Waals surface area contributed by atoms with Crippen LogP contribution in [0.25, 0.3) is 0 Å². The fourth-order valence-corrected chi connectivity index (χ4v) is 2.29. The van der Waals surface area contributed by atoms with Crippen LogP contribution in [-0.4, -0.2) is 49.3 Å². The molecule has 0 aromatic heterocycles. The molecule has 0 aliphatic heterocycles. The summed E-state index contributed by atoms with van der Waals surface area (Å²) in [5, 5.41) is 12.7. The lowest BCUT2D eigenvalue weighted by Crippen LogP contribution is -2.45. The van der Waals surface area contributed by atoms with E-state index >= 15 is 0 Å². The Bertz CT molecular complexity index is 187. The number of aliphatic hydroxyl groups excluding tert-OH is 1. The molecule has 0 fully saturated rings. The number of hydrogen-bond acceptors (Lipinski definition) is 3. The number of nitrogens with one attached hydrogen (secondary N) is 1. The standard InChI is InChI=1S/C14H32N2O/c1-6-8-14(4,11-15-9-7-2)12-16(5)13(3)10-17/h13,15,17H,6-12H2,1-5H3. The maximum atomic E-state index is 9.19. The second kappa shape index (κ2) is 8.90. The van der Waals surface area contributed by atoms with E-state index in [-0.39, 0.29) is 12.6 Å². The van der Waals surface area contributed by atoms with Crippen molar-refractivity contribution in [2.24, 2.45) is 5.41 Å². The zero-order chi connectivity index (χ0) is 13.3. The van der Waals surface area contributed by atoms with Crippen LogP contribution in [-0.2, 0) is 0 Å². The normalized spacial score (nSPS) is 17.1. The molecule has 0 heterocycles. The van der Waals surface area contributed by atoms with Crippen molar-refractivity contribution in [1.82, 2.24) is 10.2 Å². The van der Waals surface area contributed by atoms with Gasteiger partial charge in [0, 0.05) is 19.1 Å². The molecule has 0 rings (SSSR count). The van der Waals surface area contributed by atoms with E-state index in [1.165, 1.54) is 19.3 Å². The predicted octanol–water partition coefficient (Wildman–Crippen LogP) is 2.11. The minimum Gasteiger partial charge on any atom is -0.395 e. The molecule has 0 saturated heterocycles. The van der Waals surface area contributed by atoms with Crippen LogP contribution in [0.2, 0.25) is 0 Å². The van der Waals surface area contributed by atoms with Gasteiger partial charge in [-0.3, -0.25) is 0 Å². The first-order valence-corrected chi connectivity index (χ1v) is 7.01. The van der Waals surface area contributed by atoms with E-state index in [2.05, 4.69) is 45.0 Å². The van der Waals surface area contributed by atoms with Gasteiger partial charge in [-0.2, -0.15) is 0 Å². The molecule has 17 heavy (non-hydrogen) atoms. The lowest BCUT2D eigenvalue weighted by atomic mass is 9.84. The van der Waals surface area contributed by atoms with Gasteiger partial charge in [-0.15, -0.1) is 0 Å². The van der Waals surface area contributed by atoms with Gasteiger partial charge in [0.25, 0.3) is 0 Å². The molecule has 0 saturated carbocycles. The molecule has 2 atom stereocenters. The summed E-state index contributed by atoms with van der Waals surface area (Å²) in [7, 11) is 2.11. The van der Waals surface area contributed by atoms with Crippen LogP contribution in [0, 0.1) is 5.41 Å². The summed E-state index contributed by atoms with van der Waals surface area (Å²) in [5.41, 5.74) is 0.308. The fourth-order valence-electron chi connectivity index (χ4n) is 2.29. The first kappa shape index (κ1) is 16.9. The Morgan fingerprint density at radius 2 is 1.94 bits per heavy atom. The molecule has 0 amide bonds. The van der Waals surface area contributed by atoms with Crippen LogP contribution < -0.4 is 5.32 Å². The van der Waals surface area contributed by atoms with E-state index in [1.807, 2.05) is 0 Å². The zero-order valence-electron chi connectivity index (χ0n) is 12.4. The van der Waals surface area contributed by atoms with Crippen molar-refractivity contribution in [3.63, 3.8) is 0 Å². The smallest absolute Gasteiger partial charge is 0.0584 e. The molecule has 0 aromatic carbocycles. The van der Waals surface area contributed by atoms with Crippen LogP contribution in [0.5, 0.6) is 0 Å². The SMILES string of the molecule is CCCNCC(C)(CCC)CN(C)C(C)CO. The molecule has 3 heteroatoms. The third-order valence-corrected chi connectivity index (χ3v) is 3.48. The number of nitrogens with zero attached hydrogens (tertiary/aromatic N) is 1. The van der Waals surface area contributed by atoms with Gasteiger partial charge in [0.1, 0.15) is 0 Å². The largest absolute Gasteiger partial charge is 0.395 e. The topological polar surface area (TPSA) is 35.5 Å². The highest BCUT2D eigenvalue weighted by atomic mass is 16.3. The monoisotopic (exact) mass is 244 g/mol. The lowest BCUT2D eigenvalue weighted by molar-refractivity contribution is 0.104. The van der Waals surface area contributed by atoms with E-state index in [4.69, 9.17) is 0 Å². The minimum atomic E-state index is 0.237. The fraction of sp³-hybridized carbons (Fsp3) is 1.00. The first-order valence-electron chi connectivity index (χ1n) is 7.01. The van der Waals surface area contributed by atoms with Gasteiger partial charge in [-0.1, -0.05) is 27.2 Å². The molecule has 104 valence electrons. The van der Waals surface area contributed by atoms with Crippen molar-refractivity contribution in [3.05, 3.63) is 0 Å². The molecule has 0 aliphatic rings. The van der Waals surface area contributed by atoms with Gasteiger partial charge in [0.05, 0.1) is 6.61 Å². The average molecular weight is 244 g/mol. The average Bonchev–Trinajstić information content (AvgIpc) is 2.28. The summed E-state index contributed by atoms with van der Waals surface area (Å²) in [5.74, 6) is 0. The van der Waals surface area contributed by atoms with Crippen molar-refractivity contribution in [2.45, 2.75) is 53.0 Å². The predicted molar refractivity (Wildman–Crippen MR) is 75.4 cm³/mol. The highest BCUT2D eigenvalue weighted by Gasteiger charge is 2.26. The summed E-state index contributed by atoms with van der Waals surface area (Å²) in [6.45, 7) is 12.3. The summed E-state index contributed by atoms with van der Waals surface area (Å²) >= 11 is 0. The van der Waals surface area contributed by atoms with Gasteiger partial charge in [0.15, 0.2) is 0 Å². The van der Waals surface area contributed by atoms with Gasteiger partial charge in [-0.05, 0) is 38.8 Å². The van der Waals surface area contributed by atoms with E-state index in [0.717, 1.165) is 19.6 Å². The van der Waals surface area contributed by atoms with Crippen LogP contribution in [0.4, 0.5) is 0 Å². The summed E-state index contributed by atoms with van der Waals surface area (Å²) in [6, 6.07) is 0.248. The van der Waals surface area contributed by atoms with Crippen LogP contribution in [0.15, 0.2) is 0 Å². The third kappa shape index (κ3) is 7.02. The number of hydrogen-bond donors (Lipinski definition) is 2. The second-order valence-corrected chi connectivity index (χ2v) is 5.68. The molecule has 0 aromatic rings. The zero-order valence-corrected chi connectivity index (χ0v) is 12.4. The van der Waals surface area contributed by atoms with Crippen molar-refractivity contribution in [1.29, 1.82) is 0 Å². The first-order chi connectivity index (χ1) is 7.99. The van der Waals surface area contributed by atoms with Crippen molar-refractivity contribution >= 4 is 0 Å². The quantitative estimate of drug-likeness (QED) is 0.578. The summed E-state index contributed by atoms with van der Waals surface area (Å²) in [4.78, 5) is 2.27. The second-order valence-electron chi connectivity index (χ2n) is 5.68. The molecule has 2 unspecified atom stereocenters. The van der Waals surface area contributed by atoms with E-state index in [9.17, 15) is 5.11 Å². The molecule has 0 spiro atoms. The summed E-state index contributed by atoms with van der Waals surface area (Å²) < 4.78 is 0.